The summed E-state index contributed by atoms with van der Waals surface area (Å²) in [6.07, 6.45) is 6.94. The first-order valence-electron chi connectivity index (χ1n) is 10.5. The van der Waals surface area contributed by atoms with Crippen molar-refractivity contribution in [1.29, 1.82) is 0 Å². The van der Waals surface area contributed by atoms with Crippen LogP contribution in [0.25, 0.3) is 17.5 Å². The lowest BCUT2D eigenvalue weighted by molar-refractivity contribution is -0.124. The summed E-state index contributed by atoms with van der Waals surface area (Å²) in [5.74, 6) is 1.51. The van der Waals surface area contributed by atoms with Crippen LogP contribution >= 0.6 is 0 Å². The van der Waals surface area contributed by atoms with E-state index in [1.54, 1.807) is 29.2 Å². The number of aromatic nitrogens is 4. The standard InChI is InChI=1S/C24H29N7O2/c1-16-20(10-11-25-5)28-23(29-22(16)27-18-13-26-31(6)14-18)17-8-7-9-19(12-17)33-15-21(32)30-24(2,3)4/h7-14H,5,15H2,1-4,6H3,(H,30,32)(H,27,28,29)/b11-10-. The van der Waals surface area contributed by atoms with Crippen LogP contribution in [0.5, 0.6) is 5.75 Å². The summed E-state index contributed by atoms with van der Waals surface area (Å²) >= 11 is 0. The molecule has 9 nitrogen and oxygen atoms in total. The summed E-state index contributed by atoms with van der Waals surface area (Å²) in [6.45, 7) is 11.1. The van der Waals surface area contributed by atoms with Crippen LogP contribution in [0.1, 0.15) is 32.0 Å². The molecule has 0 bridgehead atoms. The molecule has 172 valence electrons. The predicted octanol–water partition coefficient (Wildman–Crippen LogP) is 3.89. The van der Waals surface area contributed by atoms with Gasteiger partial charge in [-0.1, -0.05) is 12.1 Å². The maximum Gasteiger partial charge on any atom is 0.258 e. The smallest absolute Gasteiger partial charge is 0.258 e. The van der Waals surface area contributed by atoms with Crippen LogP contribution in [-0.4, -0.2) is 44.5 Å². The molecule has 2 aromatic heterocycles. The Balaban J connectivity index is 1.90. The van der Waals surface area contributed by atoms with Crippen molar-refractivity contribution in [1.82, 2.24) is 25.1 Å². The number of nitrogens with zero attached hydrogens (tertiary/aromatic N) is 5. The number of carbonyl (C=O) groups is 1. The van der Waals surface area contributed by atoms with Gasteiger partial charge in [-0.15, -0.1) is 0 Å². The zero-order valence-electron chi connectivity index (χ0n) is 19.6. The van der Waals surface area contributed by atoms with Crippen LogP contribution in [0.2, 0.25) is 0 Å². The second-order valence-corrected chi connectivity index (χ2v) is 8.55. The molecule has 0 aliphatic heterocycles. The summed E-state index contributed by atoms with van der Waals surface area (Å²) < 4.78 is 7.40. The first-order chi connectivity index (χ1) is 15.6. The average Bonchev–Trinajstić information content (AvgIpc) is 3.16. The van der Waals surface area contributed by atoms with E-state index in [-0.39, 0.29) is 18.1 Å². The molecule has 0 unspecified atom stereocenters. The van der Waals surface area contributed by atoms with Crippen LogP contribution in [-0.2, 0) is 11.8 Å². The van der Waals surface area contributed by atoms with Gasteiger partial charge in [0.2, 0.25) is 0 Å². The lowest BCUT2D eigenvalue weighted by Gasteiger charge is -2.20. The second kappa shape index (κ2) is 10.1. The minimum Gasteiger partial charge on any atom is -0.484 e. The Morgan fingerprint density at radius 1 is 1.30 bits per heavy atom. The monoisotopic (exact) mass is 447 g/mol. The Labute approximate surface area is 193 Å². The fraction of sp³-hybridized carbons (Fsp3) is 0.292. The molecule has 3 rings (SSSR count). The molecule has 0 atom stereocenters. The number of ether oxygens (including phenoxy) is 1. The van der Waals surface area contributed by atoms with Crippen molar-refractivity contribution in [2.75, 3.05) is 11.9 Å². The number of carbonyl (C=O) groups excluding carboxylic acids is 1. The minimum absolute atomic E-state index is 0.0811. The van der Waals surface area contributed by atoms with Crippen molar-refractivity contribution in [2.45, 2.75) is 33.2 Å². The first-order valence-corrected chi connectivity index (χ1v) is 10.5. The van der Waals surface area contributed by atoms with Crippen LogP contribution in [0.3, 0.4) is 0 Å². The third kappa shape index (κ3) is 6.73. The van der Waals surface area contributed by atoms with Crippen molar-refractivity contribution in [2.24, 2.45) is 12.0 Å². The van der Waals surface area contributed by atoms with Gasteiger partial charge in [-0.3, -0.25) is 14.5 Å². The van der Waals surface area contributed by atoms with E-state index >= 15 is 0 Å². The van der Waals surface area contributed by atoms with Gasteiger partial charge in [0, 0.05) is 36.1 Å². The molecule has 0 saturated heterocycles. The Morgan fingerprint density at radius 3 is 2.76 bits per heavy atom. The zero-order chi connectivity index (χ0) is 24.0. The number of anilines is 2. The number of rotatable bonds is 8. The van der Waals surface area contributed by atoms with Gasteiger partial charge in [-0.2, -0.15) is 5.10 Å². The molecule has 0 aliphatic rings. The van der Waals surface area contributed by atoms with Gasteiger partial charge in [-0.25, -0.2) is 9.97 Å². The van der Waals surface area contributed by atoms with Crippen molar-refractivity contribution in [3.05, 3.63) is 54.1 Å². The van der Waals surface area contributed by atoms with Gasteiger partial charge in [-0.05, 0) is 52.6 Å². The van der Waals surface area contributed by atoms with E-state index in [0.29, 0.717) is 23.1 Å². The molecule has 9 heteroatoms. The van der Waals surface area contributed by atoms with Crippen molar-refractivity contribution in [3.8, 4) is 17.1 Å². The Hall–Kier alpha value is -4.01. The molecule has 0 radical (unpaired) electrons. The van der Waals surface area contributed by atoms with Crippen molar-refractivity contribution < 1.29 is 9.53 Å². The van der Waals surface area contributed by atoms with E-state index in [4.69, 9.17) is 14.7 Å². The third-order valence-electron chi connectivity index (χ3n) is 4.47. The number of hydrogen-bond acceptors (Lipinski definition) is 7. The molecule has 0 spiro atoms. The number of nitrogens with one attached hydrogen (secondary N) is 2. The SMILES string of the molecule is C=N/C=C\c1nc(-c2cccc(OCC(=O)NC(C)(C)C)c2)nc(Nc2cnn(C)c2)c1C. The first kappa shape index (κ1) is 23.6. The Morgan fingerprint density at radius 2 is 2.09 bits per heavy atom. The summed E-state index contributed by atoms with van der Waals surface area (Å²) in [7, 11) is 1.85. The predicted molar refractivity (Wildman–Crippen MR) is 131 cm³/mol. The number of aryl methyl sites for hydroxylation is 1. The molecule has 3 aromatic rings. The summed E-state index contributed by atoms with van der Waals surface area (Å²) in [4.78, 5) is 25.3. The highest BCUT2D eigenvalue weighted by molar-refractivity contribution is 5.78. The highest BCUT2D eigenvalue weighted by Gasteiger charge is 2.15. The Bertz CT molecular complexity index is 1180. The fourth-order valence-electron chi connectivity index (χ4n) is 3.02. The number of hydrogen-bond donors (Lipinski definition) is 2. The summed E-state index contributed by atoms with van der Waals surface area (Å²) in [5, 5.41) is 10.4. The summed E-state index contributed by atoms with van der Waals surface area (Å²) in [5.41, 5.74) is 2.80. The molecule has 0 fully saturated rings. The topological polar surface area (TPSA) is 106 Å². The third-order valence-corrected chi connectivity index (χ3v) is 4.47. The highest BCUT2D eigenvalue weighted by atomic mass is 16.5. The molecule has 1 aromatic carbocycles. The van der Waals surface area contributed by atoms with E-state index in [0.717, 1.165) is 16.8 Å². The van der Waals surface area contributed by atoms with Crippen LogP contribution in [0, 0.1) is 6.92 Å². The van der Waals surface area contributed by atoms with E-state index in [9.17, 15) is 4.79 Å². The second-order valence-electron chi connectivity index (χ2n) is 8.55. The van der Waals surface area contributed by atoms with E-state index in [1.807, 2.05) is 59.1 Å². The van der Waals surface area contributed by atoms with Gasteiger partial charge in [0.25, 0.3) is 5.91 Å². The normalized spacial score (nSPS) is 11.4. The van der Waals surface area contributed by atoms with Gasteiger partial charge in [0.05, 0.1) is 17.6 Å². The summed E-state index contributed by atoms with van der Waals surface area (Å²) in [6, 6.07) is 7.33. The maximum atomic E-state index is 12.1. The molecule has 1 amide bonds. The largest absolute Gasteiger partial charge is 0.484 e. The van der Waals surface area contributed by atoms with Gasteiger partial charge < -0.3 is 15.4 Å². The number of benzene rings is 1. The van der Waals surface area contributed by atoms with E-state index in [2.05, 4.69) is 27.4 Å². The maximum absolute atomic E-state index is 12.1. The average molecular weight is 448 g/mol. The van der Waals surface area contributed by atoms with Crippen molar-refractivity contribution in [3.63, 3.8) is 0 Å². The van der Waals surface area contributed by atoms with Gasteiger partial charge in [0.15, 0.2) is 12.4 Å². The molecule has 0 aliphatic carbocycles. The lowest BCUT2D eigenvalue weighted by atomic mass is 10.1. The minimum atomic E-state index is -0.320. The quantitative estimate of drug-likeness (QED) is 0.508. The molecule has 0 saturated carbocycles. The number of aliphatic imine (C=N–C) groups is 1. The highest BCUT2D eigenvalue weighted by Crippen LogP contribution is 2.27. The fourth-order valence-corrected chi connectivity index (χ4v) is 3.02. The van der Waals surface area contributed by atoms with Crippen molar-refractivity contribution >= 4 is 30.2 Å². The van der Waals surface area contributed by atoms with Gasteiger partial charge in [0.1, 0.15) is 11.6 Å². The van der Waals surface area contributed by atoms with Gasteiger partial charge >= 0.3 is 0 Å². The van der Waals surface area contributed by atoms with E-state index < -0.39 is 0 Å². The Kier molecular flexibility index (Phi) is 7.22. The van der Waals surface area contributed by atoms with Crippen LogP contribution in [0.4, 0.5) is 11.5 Å². The molecule has 2 heterocycles. The molecular weight excluding hydrogens is 418 g/mol. The lowest BCUT2D eigenvalue weighted by Crippen LogP contribution is -2.43. The van der Waals surface area contributed by atoms with Crippen LogP contribution < -0.4 is 15.4 Å². The van der Waals surface area contributed by atoms with E-state index in [1.165, 1.54) is 0 Å². The molecular formula is C24H29N7O2. The molecule has 33 heavy (non-hydrogen) atoms. The number of amides is 1. The van der Waals surface area contributed by atoms with Crippen LogP contribution in [0.15, 0.2) is 47.9 Å². The molecule has 2 N–H and O–H groups in total. The zero-order valence-corrected chi connectivity index (χ0v) is 19.6.